The van der Waals surface area contributed by atoms with E-state index < -0.39 is 0 Å². The number of hydrogen-bond donors (Lipinski definition) is 1. The van der Waals surface area contributed by atoms with Crippen LogP contribution in [0.2, 0.25) is 0 Å². The molecule has 1 rings (SSSR count). The molecule has 0 amide bonds. The lowest BCUT2D eigenvalue weighted by Crippen LogP contribution is -2.35. The van der Waals surface area contributed by atoms with Gasteiger partial charge in [0.25, 0.3) is 0 Å². The third-order valence-corrected chi connectivity index (χ3v) is 2.82. The van der Waals surface area contributed by atoms with E-state index >= 15 is 0 Å². The van der Waals surface area contributed by atoms with Gasteiger partial charge >= 0.3 is 0 Å². The fourth-order valence-electron chi connectivity index (χ4n) is 1.97. The average molecular weight is 238 g/mol. The number of aryl methyl sites for hydroxylation is 1. The smallest absolute Gasteiger partial charge is 0.145 e. The van der Waals surface area contributed by atoms with Gasteiger partial charge in [-0.05, 0) is 32.3 Å². The van der Waals surface area contributed by atoms with Crippen LogP contribution < -0.4 is 5.73 Å². The Labute approximate surface area is 105 Å². The van der Waals surface area contributed by atoms with Gasteiger partial charge in [-0.3, -0.25) is 4.68 Å². The molecule has 1 aromatic rings. The molecule has 0 saturated carbocycles. The zero-order chi connectivity index (χ0) is 12.8. The lowest BCUT2D eigenvalue weighted by atomic mass is 10.1. The van der Waals surface area contributed by atoms with Crippen LogP contribution in [0, 0.1) is 5.92 Å². The Hall–Kier alpha value is -1.03. The van der Waals surface area contributed by atoms with Crippen molar-refractivity contribution < 1.29 is 0 Å². The first kappa shape index (κ1) is 14.0. The second kappa shape index (κ2) is 6.64. The molecule has 0 aliphatic rings. The monoisotopic (exact) mass is 238 g/mol. The van der Waals surface area contributed by atoms with Gasteiger partial charge in [-0.1, -0.05) is 13.8 Å². The van der Waals surface area contributed by atoms with Crippen molar-refractivity contribution in [1.29, 1.82) is 0 Å². The van der Waals surface area contributed by atoms with Crippen molar-refractivity contribution in [3.8, 4) is 0 Å². The molecular weight excluding hydrogens is 212 g/mol. The molecule has 1 heterocycles. The maximum atomic E-state index is 5.58. The summed E-state index contributed by atoms with van der Waals surface area (Å²) in [5.74, 6) is 1.32. The van der Waals surface area contributed by atoms with Gasteiger partial charge < -0.3 is 10.6 Å². The zero-order valence-corrected chi connectivity index (χ0v) is 11.6. The van der Waals surface area contributed by atoms with Gasteiger partial charge in [-0.15, -0.1) is 0 Å². The average Bonchev–Trinajstić information content (AvgIpc) is 2.62. The van der Waals surface area contributed by atoms with Crippen LogP contribution in [0.1, 0.15) is 34.1 Å². The van der Waals surface area contributed by atoms with E-state index in [1.54, 1.807) is 0 Å². The van der Waals surface area contributed by atoms with Crippen LogP contribution in [0.4, 0.5) is 5.82 Å². The number of nitrogens with two attached hydrogens (primary N) is 1. The predicted octanol–water partition coefficient (Wildman–Crippen LogP) is 2.22. The molecule has 0 aliphatic carbocycles. The second-order valence-corrected chi connectivity index (χ2v) is 5.34. The Kier molecular flexibility index (Phi) is 5.48. The lowest BCUT2D eigenvalue weighted by molar-refractivity contribution is 0.191. The molecule has 0 unspecified atom stereocenters. The van der Waals surface area contributed by atoms with Crippen LogP contribution in [-0.4, -0.2) is 33.8 Å². The van der Waals surface area contributed by atoms with E-state index in [0.29, 0.717) is 11.9 Å². The maximum absolute atomic E-state index is 5.58. The highest BCUT2D eigenvalue weighted by Gasteiger charge is 2.10. The minimum atomic E-state index is 0.605. The fraction of sp³-hybridized carbons (Fsp3) is 0.769. The van der Waals surface area contributed by atoms with E-state index in [1.807, 2.05) is 16.9 Å². The summed E-state index contributed by atoms with van der Waals surface area (Å²) in [6, 6.07) is 2.45. The van der Waals surface area contributed by atoms with Crippen LogP contribution in [0.25, 0.3) is 0 Å². The van der Waals surface area contributed by atoms with Crippen LogP contribution >= 0.6 is 0 Å². The Morgan fingerprint density at radius 1 is 1.35 bits per heavy atom. The van der Waals surface area contributed by atoms with Crippen molar-refractivity contribution in [3.05, 3.63) is 12.3 Å². The number of anilines is 1. The number of nitrogens with zero attached hydrogens (tertiary/aromatic N) is 3. The molecule has 4 heteroatoms. The van der Waals surface area contributed by atoms with Crippen molar-refractivity contribution in [2.45, 2.75) is 46.7 Å². The van der Waals surface area contributed by atoms with Crippen molar-refractivity contribution >= 4 is 5.82 Å². The van der Waals surface area contributed by atoms with Gasteiger partial charge in [0, 0.05) is 31.9 Å². The summed E-state index contributed by atoms with van der Waals surface area (Å²) in [6.45, 7) is 12.3. The van der Waals surface area contributed by atoms with E-state index in [-0.39, 0.29) is 0 Å². The molecule has 0 radical (unpaired) electrons. The van der Waals surface area contributed by atoms with Crippen LogP contribution in [0.5, 0.6) is 0 Å². The molecule has 0 fully saturated rings. The molecule has 0 aliphatic heterocycles. The molecule has 4 nitrogen and oxygen atoms in total. The molecule has 0 saturated heterocycles. The van der Waals surface area contributed by atoms with Crippen molar-refractivity contribution in [2.24, 2.45) is 5.92 Å². The van der Waals surface area contributed by atoms with E-state index in [0.717, 1.165) is 25.4 Å². The minimum absolute atomic E-state index is 0.605. The third-order valence-electron chi connectivity index (χ3n) is 2.82. The first-order valence-electron chi connectivity index (χ1n) is 6.52. The lowest BCUT2D eigenvalue weighted by Gasteiger charge is -2.28. The SMILES string of the molecule is CC(C)CN(CCCn1ccc(N)n1)C(C)C. The third kappa shape index (κ3) is 5.22. The summed E-state index contributed by atoms with van der Waals surface area (Å²) < 4.78 is 1.92. The van der Waals surface area contributed by atoms with Gasteiger partial charge in [0.05, 0.1) is 0 Å². The van der Waals surface area contributed by atoms with Crippen LogP contribution in [0.15, 0.2) is 12.3 Å². The molecule has 0 bridgehead atoms. The van der Waals surface area contributed by atoms with Gasteiger partial charge in [-0.25, -0.2) is 0 Å². The van der Waals surface area contributed by atoms with Gasteiger partial charge in [0.15, 0.2) is 0 Å². The minimum Gasteiger partial charge on any atom is -0.382 e. The van der Waals surface area contributed by atoms with Gasteiger partial charge in [-0.2, -0.15) is 5.10 Å². The first-order valence-corrected chi connectivity index (χ1v) is 6.52. The molecule has 0 spiro atoms. The number of rotatable bonds is 7. The molecule has 1 aromatic heterocycles. The Morgan fingerprint density at radius 2 is 2.06 bits per heavy atom. The summed E-state index contributed by atoms with van der Waals surface area (Å²) in [5.41, 5.74) is 5.58. The fourth-order valence-corrected chi connectivity index (χ4v) is 1.97. The molecular formula is C13H26N4. The molecule has 2 N–H and O–H groups in total. The molecule has 17 heavy (non-hydrogen) atoms. The van der Waals surface area contributed by atoms with Crippen molar-refractivity contribution in [3.63, 3.8) is 0 Å². The van der Waals surface area contributed by atoms with E-state index in [4.69, 9.17) is 5.73 Å². The number of nitrogen functional groups attached to an aromatic ring is 1. The predicted molar refractivity (Wildman–Crippen MR) is 72.8 cm³/mol. The number of aromatic nitrogens is 2. The summed E-state index contributed by atoms with van der Waals surface area (Å²) in [4.78, 5) is 2.53. The highest BCUT2D eigenvalue weighted by atomic mass is 15.3. The van der Waals surface area contributed by atoms with E-state index in [2.05, 4.69) is 37.7 Å². The van der Waals surface area contributed by atoms with E-state index in [1.165, 1.54) is 6.54 Å². The topological polar surface area (TPSA) is 47.1 Å². The van der Waals surface area contributed by atoms with E-state index in [9.17, 15) is 0 Å². The molecule has 0 aromatic carbocycles. The maximum Gasteiger partial charge on any atom is 0.145 e. The van der Waals surface area contributed by atoms with Crippen molar-refractivity contribution in [1.82, 2.24) is 14.7 Å². The van der Waals surface area contributed by atoms with Crippen LogP contribution in [0.3, 0.4) is 0 Å². The Bertz CT molecular complexity index is 317. The second-order valence-electron chi connectivity index (χ2n) is 5.34. The standard InChI is InChI=1S/C13H26N4/c1-11(2)10-16(12(3)4)7-5-8-17-9-6-13(14)15-17/h6,9,11-12H,5,7-8,10H2,1-4H3,(H2,14,15). The number of hydrogen-bond acceptors (Lipinski definition) is 3. The molecule has 0 atom stereocenters. The largest absolute Gasteiger partial charge is 0.382 e. The summed E-state index contributed by atoms with van der Waals surface area (Å²) >= 11 is 0. The quantitative estimate of drug-likeness (QED) is 0.792. The normalized spacial score (nSPS) is 11.9. The highest BCUT2D eigenvalue weighted by Crippen LogP contribution is 2.06. The molecule has 98 valence electrons. The Balaban J connectivity index is 2.31. The van der Waals surface area contributed by atoms with Crippen LogP contribution in [-0.2, 0) is 6.54 Å². The van der Waals surface area contributed by atoms with Crippen molar-refractivity contribution in [2.75, 3.05) is 18.8 Å². The Morgan fingerprint density at radius 3 is 2.53 bits per heavy atom. The van der Waals surface area contributed by atoms with Gasteiger partial charge in [0.1, 0.15) is 5.82 Å². The summed E-state index contributed by atoms with van der Waals surface area (Å²) in [7, 11) is 0. The first-order chi connectivity index (χ1) is 7.99. The highest BCUT2D eigenvalue weighted by molar-refractivity contribution is 5.23. The van der Waals surface area contributed by atoms with Gasteiger partial charge in [0.2, 0.25) is 0 Å². The summed E-state index contributed by atoms with van der Waals surface area (Å²) in [6.07, 6.45) is 3.06. The summed E-state index contributed by atoms with van der Waals surface area (Å²) in [5, 5.41) is 4.19. The zero-order valence-electron chi connectivity index (χ0n) is 11.6.